The van der Waals surface area contributed by atoms with Gasteiger partial charge in [0, 0.05) is 25.6 Å². The van der Waals surface area contributed by atoms with Crippen molar-refractivity contribution in [3.8, 4) is 11.5 Å². The topological polar surface area (TPSA) is 93.5 Å². The van der Waals surface area contributed by atoms with E-state index in [0.29, 0.717) is 17.4 Å². The number of fused-ring (bicyclic) bond motifs is 1. The number of carbonyl (C=O) groups excluding carboxylic acids is 1. The highest BCUT2D eigenvalue weighted by Crippen LogP contribution is 2.31. The van der Waals surface area contributed by atoms with Crippen LogP contribution in [0.25, 0.3) is 11.0 Å². The Kier molecular flexibility index (Phi) is 4.68. The van der Waals surface area contributed by atoms with E-state index in [-0.39, 0.29) is 6.61 Å². The molecule has 0 saturated carbocycles. The SMILES string of the molecule is COc1cc(CN2CC(c3nc4ccccc4[nH]3)C2)ccc1OCC(N)=O. The van der Waals surface area contributed by atoms with Gasteiger partial charge in [-0.05, 0) is 29.8 Å². The van der Waals surface area contributed by atoms with Gasteiger partial charge in [0.1, 0.15) is 5.82 Å². The standard InChI is InChI=1S/C20H22N4O3/c1-26-18-8-13(6-7-17(18)27-12-19(21)25)9-24-10-14(11-24)20-22-15-4-2-3-5-16(15)23-20/h2-8,14H,9-12H2,1H3,(H2,21,25)(H,22,23). The first-order chi connectivity index (χ1) is 13.1. The third kappa shape index (κ3) is 3.73. The van der Waals surface area contributed by atoms with Gasteiger partial charge in [-0.1, -0.05) is 18.2 Å². The van der Waals surface area contributed by atoms with E-state index in [4.69, 9.17) is 20.2 Å². The van der Waals surface area contributed by atoms with Crippen LogP contribution in [0.15, 0.2) is 42.5 Å². The van der Waals surface area contributed by atoms with Crippen molar-refractivity contribution in [1.29, 1.82) is 0 Å². The number of para-hydroxylation sites is 2. The second-order valence-electron chi connectivity index (χ2n) is 6.77. The molecule has 0 spiro atoms. The predicted octanol–water partition coefficient (Wildman–Crippen LogP) is 2.03. The summed E-state index contributed by atoms with van der Waals surface area (Å²) in [6.07, 6.45) is 0. The molecule has 3 aromatic rings. The Balaban J connectivity index is 1.37. The van der Waals surface area contributed by atoms with Crippen molar-refractivity contribution in [3.63, 3.8) is 0 Å². The number of aromatic amines is 1. The van der Waals surface area contributed by atoms with Gasteiger partial charge in [0.25, 0.3) is 5.91 Å². The molecule has 1 aliphatic heterocycles. The van der Waals surface area contributed by atoms with Crippen LogP contribution in [-0.2, 0) is 11.3 Å². The summed E-state index contributed by atoms with van der Waals surface area (Å²) in [7, 11) is 1.58. The van der Waals surface area contributed by atoms with Crippen molar-refractivity contribution < 1.29 is 14.3 Å². The number of methoxy groups -OCH3 is 1. The average molecular weight is 366 g/mol. The number of primary amides is 1. The van der Waals surface area contributed by atoms with Gasteiger partial charge in [0.05, 0.1) is 18.1 Å². The first-order valence-corrected chi connectivity index (χ1v) is 8.87. The van der Waals surface area contributed by atoms with E-state index in [9.17, 15) is 4.79 Å². The number of likely N-dealkylation sites (tertiary alicyclic amines) is 1. The molecule has 0 unspecified atom stereocenters. The Morgan fingerprint density at radius 1 is 1.26 bits per heavy atom. The number of nitrogens with zero attached hydrogens (tertiary/aromatic N) is 2. The summed E-state index contributed by atoms with van der Waals surface area (Å²) in [4.78, 5) is 21.3. The van der Waals surface area contributed by atoms with Gasteiger partial charge >= 0.3 is 0 Å². The molecule has 1 aromatic heterocycles. The van der Waals surface area contributed by atoms with Crippen LogP contribution in [-0.4, -0.2) is 47.6 Å². The van der Waals surface area contributed by atoms with Crippen LogP contribution in [0.1, 0.15) is 17.3 Å². The number of H-pyrrole nitrogens is 1. The number of ether oxygens (including phenoxy) is 2. The molecular weight excluding hydrogens is 344 g/mol. The molecule has 0 radical (unpaired) electrons. The van der Waals surface area contributed by atoms with E-state index < -0.39 is 5.91 Å². The van der Waals surface area contributed by atoms with E-state index in [1.165, 1.54) is 0 Å². The van der Waals surface area contributed by atoms with Crippen LogP contribution in [0.3, 0.4) is 0 Å². The summed E-state index contributed by atoms with van der Waals surface area (Å²) in [5, 5.41) is 0. The molecule has 1 fully saturated rings. The first-order valence-electron chi connectivity index (χ1n) is 8.87. The normalized spacial score (nSPS) is 14.9. The highest BCUT2D eigenvalue weighted by molar-refractivity contribution is 5.75. The summed E-state index contributed by atoms with van der Waals surface area (Å²) >= 11 is 0. The van der Waals surface area contributed by atoms with E-state index in [2.05, 4.69) is 16.0 Å². The molecule has 3 N–H and O–H groups in total. The van der Waals surface area contributed by atoms with E-state index in [0.717, 1.165) is 42.1 Å². The zero-order valence-electron chi connectivity index (χ0n) is 15.1. The molecule has 0 aliphatic carbocycles. The highest BCUT2D eigenvalue weighted by Gasteiger charge is 2.30. The molecule has 4 rings (SSSR count). The highest BCUT2D eigenvalue weighted by atomic mass is 16.5. The fourth-order valence-corrected chi connectivity index (χ4v) is 3.37. The van der Waals surface area contributed by atoms with Crippen LogP contribution in [0, 0.1) is 0 Å². The number of aromatic nitrogens is 2. The summed E-state index contributed by atoms with van der Waals surface area (Å²) in [5.74, 6) is 2.09. The monoisotopic (exact) mass is 366 g/mol. The van der Waals surface area contributed by atoms with Crippen molar-refractivity contribution in [1.82, 2.24) is 14.9 Å². The van der Waals surface area contributed by atoms with Gasteiger partial charge < -0.3 is 20.2 Å². The number of nitrogens with two attached hydrogens (primary N) is 1. The number of rotatable bonds is 7. The smallest absolute Gasteiger partial charge is 0.255 e. The van der Waals surface area contributed by atoms with Crippen molar-refractivity contribution in [3.05, 3.63) is 53.9 Å². The maximum absolute atomic E-state index is 10.9. The third-order valence-electron chi connectivity index (χ3n) is 4.76. The Bertz CT molecular complexity index is 930. The lowest BCUT2D eigenvalue weighted by molar-refractivity contribution is -0.119. The zero-order valence-corrected chi connectivity index (χ0v) is 15.1. The number of hydrogen-bond donors (Lipinski definition) is 2. The summed E-state index contributed by atoms with van der Waals surface area (Å²) in [5.41, 5.74) is 8.35. The molecule has 1 aliphatic rings. The van der Waals surface area contributed by atoms with E-state index >= 15 is 0 Å². The molecule has 2 aromatic carbocycles. The molecule has 1 amide bonds. The molecule has 27 heavy (non-hydrogen) atoms. The zero-order chi connectivity index (χ0) is 18.8. The Hall–Kier alpha value is -3.06. The maximum Gasteiger partial charge on any atom is 0.255 e. The largest absolute Gasteiger partial charge is 0.493 e. The predicted molar refractivity (Wildman–Crippen MR) is 102 cm³/mol. The lowest BCUT2D eigenvalue weighted by atomic mass is 9.98. The Labute approximate surface area is 157 Å². The van der Waals surface area contributed by atoms with Crippen molar-refractivity contribution >= 4 is 16.9 Å². The average Bonchev–Trinajstić information content (AvgIpc) is 3.06. The van der Waals surface area contributed by atoms with Gasteiger partial charge in [0.15, 0.2) is 18.1 Å². The number of nitrogens with one attached hydrogen (secondary N) is 1. The van der Waals surface area contributed by atoms with Crippen LogP contribution < -0.4 is 15.2 Å². The van der Waals surface area contributed by atoms with Gasteiger partial charge in [-0.25, -0.2) is 4.98 Å². The van der Waals surface area contributed by atoms with Crippen molar-refractivity contribution in [2.75, 3.05) is 26.8 Å². The number of carbonyl (C=O) groups is 1. The fourth-order valence-electron chi connectivity index (χ4n) is 3.37. The number of amides is 1. The maximum atomic E-state index is 10.9. The second-order valence-corrected chi connectivity index (χ2v) is 6.77. The van der Waals surface area contributed by atoms with Gasteiger partial charge in [-0.2, -0.15) is 0 Å². The van der Waals surface area contributed by atoms with Crippen LogP contribution in [0.5, 0.6) is 11.5 Å². The minimum absolute atomic E-state index is 0.166. The molecule has 7 nitrogen and oxygen atoms in total. The minimum Gasteiger partial charge on any atom is -0.493 e. The van der Waals surface area contributed by atoms with Crippen LogP contribution in [0.4, 0.5) is 0 Å². The summed E-state index contributed by atoms with van der Waals surface area (Å²) in [6, 6.07) is 13.8. The minimum atomic E-state index is -0.515. The Morgan fingerprint density at radius 3 is 2.81 bits per heavy atom. The molecule has 2 heterocycles. The van der Waals surface area contributed by atoms with Crippen LogP contribution >= 0.6 is 0 Å². The lowest BCUT2D eigenvalue weighted by Gasteiger charge is -2.38. The fraction of sp³-hybridized carbons (Fsp3) is 0.300. The Morgan fingerprint density at radius 2 is 2.07 bits per heavy atom. The number of hydrogen-bond acceptors (Lipinski definition) is 5. The van der Waals surface area contributed by atoms with Gasteiger partial charge in [0.2, 0.25) is 0 Å². The van der Waals surface area contributed by atoms with Crippen LogP contribution in [0.2, 0.25) is 0 Å². The number of imidazole rings is 1. The van der Waals surface area contributed by atoms with E-state index in [1.54, 1.807) is 7.11 Å². The molecule has 7 heteroatoms. The summed E-state index contributed by atoms with van der Waals surface area (Å²) in [6.45, 7) is 2.58. The first kappa shape index (κ1) is 17.4. The van der Waals surface area contributed by atoms with E-state index in [1.807, 2.05) is 36.4 Å². The quantitative estimate of drug-likeness (QED) is 0.667. The lowest BCUT2D eigenvalue weighted by Crippen LogP contribution is -2.44. The molecule has 0 atom stereocenters. The number of benzene rings is 2. The van der Waals surface area contributed by atoms with Gasteiger partial charge in [-0.3, -0.25) is 9.69 Å². The molecular formula is C20H22N4O3. The second kappa shape index (κ2) is 7.28. The summed E-state index contributed by atoms with van der Waals surface area (Å²) < 4.78 is 10.7. The molecule has 0 bridgehead atoms. The van der Waals surface area contributed by atoms with Crippen molar-refractivity contribution in [2.24, 2.45) is 5.73 Å². The third-order valence-corrected chi connectivity index (χ3v) is 4.76. The van der Waals surface area contributed by atoms with Crippen molar-refractivity contribution in [2.45, 2.75) is 12.5 Å². The van der Waals surface area contributed by atoms with Gasteiger partial charge in [-0.15, -0.1) is 0 Å². The molecule has 140 valence electrons. The molecule has 1 saturated heterocycles.